The zero-order valence-electron chi connectivity index (χ0n) is 9.93. The molecule has 0 aliphatic carbocycles. The molecule has 5 heteroatoms. The Kier molecular flexibility index (Phi) is 4.02. The van der Waals surface area contributed by atoms with Gasteiger partial charge in [0.2, 0.25) is 0 Å². The van der Waals surface area contributed by atoms with Crippen molar-refractivity contribution in [3.63, 3.8) is 0 Å². The number of carbonyl (C=O) groups is 1. The molecule has 1 atom stereocenters. The molecule has 0 radical (unpaired) electrons. The molecule has 1 saturated heterocycles. The normalized spacial score (nSPS) is 19.1. The van der Waals surface area contributed by atoms with Gasteiger partial charge in [0.1, 0.15) is 0 Å². The largest absolute Gasteiger partial charge is 0.393 e. The van der Waals surface area contributed by atoms with Crippen LogP contribution in [-0.2, 0) is 0 Å². The predicted octanol–water partition coefficient (Wildman–Crippen LogP) is 2.37. The first-order valence-electron chi connectivity index (χ1n) is 5.93. The highest BCUT2D eigenvalue weighted by Crippen LogP contribution is 2.21. The molecule has 2 N–H and O–H groups in total. The Bertz CT molecular complexity index is 357. The maximum absolute atomic E-state index is 11.9. The molecule has 1 aliphatic heterocycles. The van der Waals surface area contributed by atoms with E-state index in [-0.39, 0.29) is 12.1 Å². The number of amides is 2. The molecule has 0 saturated carbocycles. The number of urea groups is 1. The number of nitrogens with zero attached hydrogens (tertiary/aromatic N) is 1. The molecule has 1 aliphatic rings. The number of anilines is 1. The number of likely N-dealkylation sites (tertiary alicyclic amines) is 1. The molecule has 2 rings (SSSR count). The summed E-state index contributed by atoms with van der Waals surface area (Å²) in [5, 5.41) is 16.2. The van der Waals surface area contributed by atoms with E-state index in [2.05, 4.69) is 5.32 Å². The minimum atomic E-state index is -0.267. The average Bonchev–Trinajstić information content (AvgIpc) is 2.82. The van der Waals surface area contributed by atoms with Crippen LogP contribution in [0.15, 0.2) is 16.8 Å². The van der Waals surface area contributed by atoms with Gasteiger partial charge in [-0.25, -0.2) is 4.79 Å². The molecule has 0 aromatic carbocycles. The van der Waals surface area contributed by atoms with Gasteiger partial charge >= 0.3 is 6.03 Å². The second kappa shape index (κ2) is 5.51. The summed E-state index contributed by atoms with van der Waals surface area (Å²) in [6, 6.07) is 1.86. The molecule has 17 heavy (non-hydrogen) atoms. The van der Waals surface area contributed by atoms with Gasteiger partial charge in [0.25, 0.3) is 0 Å². The third-order valence-corrected chi connectivity index (χ3v) is 3.96. The van der Waals surface area contributed by atoms with Gasteiger partial charge in [-0.3, -0.25) is 0 Å². The molecule has 1 fully saturated rings. The van der Waals surface area contributed by atoms with Crippen molar-refractivity contribution in [2.24, 2.45) is 5.92 Å². The van der Waals surface area contributed by atoms with Crippen molar-refractivity contribution in [3.8, 4) is 0 Å². The molecule has 2 heterocycles. The van der Waals surface area contributed by atoms with Crippen molar-refractivity contribution in [3.05, 3.63) is 16.8 Å². The molecular formula is C12H18N2O2S. The Morgan fingerprint density at radius 2 is 2.29 bits per heavy atom. The highest BCUT2D eigenvalue weighted by Gasteiger charge is 2.25. The fourth-order valence-corrected chi connectivity index (χ4v) is 2.71. The molecule has 1 unspecified atom stereocenters. The Labute approximate surface area is 105 Å². The number of carbonyl (C=O) groups excluding carboxylic acids is 1. The van der Waals surface area contributed by atoms with Crippen LogP contribution in [0.1, 0.15) is 19.8 Å². The summed E-state index contributed by atoms with van der Waals surface area (Å²) in [4.78, 5) is 13.7. The van der Waals surface area contributed by atoms with Crippen molar-refractivity contribution in [2.45, 2.75) is 25.9 Å². The monoisotopic (exact) mass is 254 g/mol. The average molecular weight is 254 g/mol. The van der Waals surface area contributed by atoms with Crippen molar-refractivity contribution < 1.29 is 9.90 Å². The van der Waals surface area contributed by atoms with Crippen LogP contribution in [0.4, 0.5) is 10.5 Å². The van der Waals surface area contributed by atoms with Gasteiger partial charge in [-0.1, -0.05) is 0 Å². The summed E-state index contributed by atoms with van der Waals surface area (Å²) in [5.41, 5.74) is 0.859. The van der Waals surface area contributed by atoms with E-state index in [1.54, 1.807) is 11.3 Å². The van der Waals surface area contributed by atoms with Gasteiger partial charge < -0.3 is 15.3 Å². The van der Waals surface area contributed by atoms with E-state index < -0.39 is 0 Å². The van der Waals surface area contributed by atoms with E-state index >= 15 is 0 Å². The first kappa shape index (κ1) is 12.4. The van der Waals surface area contributed by atoms with Crippen molar-refractivity contribution >= 4 is 23.1 Å². The van der Waals surface area contributed by atoms with Crippen molar-refractivity contribution in [2.75, 3.05) is 18.4 Å². The summed E-state index contributed by atoms with van der Waals surface area (Å²) >= 11 is 1.57. The van der Waals surface area contributed by atoms with Gasteiger partial charge in [-0.05, 0) is 37.1 Å². The number of nitrogens with one attached hydrogen (secondary N) is 1. The molecule has 1 aromatic heterocycles. The Hall–Kier alpha value is -1.07. The van der Waals surface area contributed by atoms with Gasteiger partial charge in [0, 0.05) is 18.5 Å². The number of thiophene rings is 1. The topological polar surface area (TPSA) is 52.6 Å². The lowest BCUT2D eigenvalue weighted by molar-refractivity contribution is 0.0820. The van der Waals surface area contributed by atoms with Crippen LogP contribution in [0.2, 0.25) is 0 Å². The lowest BCUT2D eigenvalue weighted by Gasteiger charge is -2.33. The minimum absolute atomic E-state index is 0.0348. The SMILES string of the molecule is CC(O)C1CCN(C(=O)Nc2ccsc2)CC1. The molecule has 0 spiro atoms. The van der Waals surface area contributed by atoms with Crippen LogP contribution in [0.25, 0.3) is 0 Å². The van der Waals surface area contributed by atoms with Crippen LogP contribution >= 0.6 is 11.3 Å². The fourth-order valence-electron chi connectivity index (χ4n) is 2.12. The number of aliphatic hydroxyl groups is 1. The first-order valence-corrected chi connectivity index (χ1v) is 6.87. The van der Waals surface area contributed by atoms with Crippen LogP contribution in [-0.4, -0.2) is 35.2 Å². The van der Waals surface area contributed by atoms with Gasteiger partial charge in [0.15, 0.2) is 0 Å². The third-order valence-electron chi connectivity index (χ3n) is 3.28. The van der Waals surface area contributed by atoms with Crippen LogP contribution in [0.3, 0.4) is 0 Å². The molecule has 2 amide bonds. The summed E-state index contributed by atoms with van der Waals surface area (Å²) in [6.07, 6.45) is 1.50. The molecule has 0 bridgehead atoms. The predicted molar refractivity (Wildman–Crippen MR) is 69.3 cm³/mol. The number of hydrogen-bond acceptors (Lipinski definition) is 3. The maximum Gasteiger partial charge on any atom is 0.321 e. The van der Waals surface area contributed by atoms with Gasteiger partial charge in [-0.2, -0.15) is 11.3 Å². The number of hydrogen-bond donors (Lipinski definition) is 2. The smallest absolute Gasteiger partial charge is 0.321 e. The third kappa shape index (κ3) is 3.20. The van der Waals surface area contributed by atoms with Crippen LogP contribution in [0.5, 0.6) is 0 Å². The maximum atomic E-state index is 11.9. The van der Waals surface area contributed by atoms with Gasteiger partial charge in [-0.15, -0.1) is 0 Å². The molecule has 4 nitrogen and oxygen atoms in total. The van der Waals surface area contributed by atoms with E-state index in [1.807, 2.05) is 28.7 Å². The quantitative estimate of drug-likeness (QED) is 0.851. The van der Waals surface area contributed by atoms with E-state index in [0.29, 0.717) is 5.92 Å². The number of rotatable bonds is 2. The summed E-state index contributed by atoms with van der Waals surface area (Å²) in [7, 11) is 0. The zero-order valence-corrected chi connectivity index (χ0v) is 10.7. The summed E-state index contributed by atoms with van der Waals surface area (Å²) in [5.74, 6) is 0.334. The van der Waals surface area contributed by atoms with Crippen LogP contribution in [0, 0.1) is 5.92 Å². The fraction of sp³-hybridized carbons (Fsp3) is 0.583. The second-order valence-electron chi connectivity index (χ2n) is 4.51. The standard InChI is InChI=1S/C12H18N2O2S/c1-9(15)10-2-5-14(6-3-10)12(16)13-11-4-7-17-8-11/h4,7-10,15H,2-3,5-6H2,1H3,(H,13,16). The second-order valence-corrected chi connectivity index (χ2v) is 5.29. The Balaban J connectivity index is 1.82. The van der Waals surface area contributed by atoms with E-state index in [0.717, 1.165) is 31.6 Å². The molecular weight excluding hydrogens is 236 g/mol. The lowest BCUT2D eigenvalue weighted by atomic mass is 9.92. The molecule has 1 aromatic rings. The highest BCUT2D eigenvalue weighted by atomic mass is 32.1. The number of aliphatic hydroxyl groups excluding tert-OH is 1. The Morgan fingerprint density at radius 1 is 1.59 bits per heavy atom. The van der Waals surface area contributed by atoms with E-state index in [9.17, 15) is 9.90 Å². The van der Waals surface area contributed by atoms with Crippen molar-refractivity contribution in [1.82, 2.24) is 4.90 Å². The number of piperidine rings is 1. The van der Waals surface area contributed by atoms with Crippen LogP contribution < -0.4 is 5.32 Å². The van der Waals surface area contributed by atoms with E-state index in [1.165, 1.54) is 0 Å². The molecule has 94 valence electrons. The lowest BCUT2D eigenvalue weighted by Crippen LogP contribution is -2.42. The minimum Gasteiger partial charge on any atom is -0.393 e. The summed E-state index contributed by atoms with van der Waals surface area (Å²) in [6.45, 7) is 3.28. The van der Waals surface area contributed by atoms with E-state index in [4.69, 9.17) is 0 Å². The summed E-state index contributed by atoms with van der Waals surface area (Å²) < 4.78 is 0. The zero-order chi connectivity index (χ0) is 12.3. The van der Waals surface area contributed by atoms with Gasteiger partial charge in [0.05, 0.1) is 11.8 Å². The Morgan fingerprint density at radius 3 is 2.82 bits per heavy atom. The highest BCUT2D eigenvalue weighted by molar-refractivity contribution is 7.08. The van der Waals surface area contributed by atoms with Crippen molar-refractivity contribution in [1.29, 1.82) is 0 Å². The first-order chi connectivity index (χ1) is 8.16.